The van der Waals surface area contributed by atoms with E-state index in [-0.39, 0.29) is 33.7 Å². The molecule has 0 aromatic heterocycles. The number of carbonyl (C=O) groups excluding carboxylic acids is 1. The Morgan fingerprint density at radius 1 is 0.958 bits per heavy atom. The molecule has 0 amide bonds. The zero-order valence-corrected chi connectivity index (χ0v) is 34.9. The molecule has 0 spiro atoms. The van der Waals surface area contributed by atoms with Crippen molar-refractivity contribution in [3.63, 3.8) is 0 Å². The third kappa shape index (κ3) is 7.96. The Bertz CT molecular complexity index is 1290. The van der Waals surface area contributed by atoms with Gasteiger partial charge >= 0.3 is 5.97 Å². The average molecular weight is 699 g/mol. The fourth-order valence-electron chi connectivity index (χ4n) is 8.47. The fraction of sp³-hybridized carbons (Fsp3) is 0.780. The van der Waals surface area contributed by atoms with Crippen LogP contribution in [0.15, 0.2) is 47.6 Å². The van der Waals surface area contributed by atoms with Crippen molar-refractivity contribution in [2.24, 2.45) is 28.6 Å². The number of ether oxygens (including phenoxy) is 1. The Morgan fingerprint density at radius 2 is 1.56 bits per heavy atom. The molecule has 5 nitrogen and oxygen atoms in total. The van der Waals surface area contributed by atoms with Gasteiger partial charge in [0.15, 0.2) is 16.6 Å². The lowest BCUT2D eigenvalue weighted by molar-refractivity contribution is -0.150. The number of aliphatic hydroxyl groups is 1. The SMILES string of the molecule is C=C1/C(=C\C=C2/CCC[C@]3(C)[C@@H]([C@H](C)/C=C/[C@H](O)C4(C(=O)OC)CC4)CC[C@@H]23)C[C@@H](O[Si](C)(C)C(C)(C)C)C[C@@H]1O[Si](C)(C)C(C)(C)C. The Labute approximate surface area is 296 Å². The standard InChI is InChI=1S/C41H70O5Si2/c1-28(17-22-36(42)41(24-25-41)37(43)44-10)33-20-21-34-30(16-15-23-40(33,34)9)18-19-31-26-32(45-47(11,12)38(3,4)5)27-35(29(31)2)46-48(13,14)39(6,7)8/h17-19,22,28,32-36,42H,2,15-16,20-21,23-27H2,1,3-14H3/b22-17+,30-18+,31-19-/t28-,32-,33-,34+,35+,36+,40-/m1/s1. The summed E-state index contributed by atoms with van der Waals surface area (Å²) < 4.78 is 19.2. The van der Waals surface area contributed by atoms with Crippen LogP contribution in [0, 0.1) is 28.6 Å². The number of hydrogen-bond acceptors (Lipinski definition) is 5. The van der Waals surface area contributed by atoms with E-state index in [9.17, 15) is 9.90 Å². The van der Waals surface area contributed by atoms with E-state index in [0.717, 1.165) is 24.8 Å². The van der Waals surface area contributed by atoms with Crippen molar-refractivity contribution in [1.82, 2.24) is 0 Å². The third-order valence-electron chi connectivity index (χ3n) is 14.0. The molecule has 4 aliphatic rings. The molecule has 4 saturated carbocycles. The second kappa shape index (κ2) is 14.0. The first-order valence-corrected chi connectivity index (χ1v) is 24.7. The summed E-state index contributed by atoms with van der Waals surface area (Å²) in [7, 11) is -2.56. The monoisotopic (exact) mass is 698 g/mol. The molecule has 0 bridgehead atoms. The number of aliphatic hydroxyl groups excluding tert-OH is 1. The van der Waals surface area contributed by atoms with Gasteiger partial charge in [-0.05, 0) is 122 Å². The van der Waals surface area contributed by atoms with Crippen molar-refractivity contribution in [1.29, 1.82) is 0 Å². The van der Waals surface area contributed by atoms with Gasteiger partial charge in [0.25, 0.3) is 0 Å². The third-order valence-corrected chi connectivity index (χ3v) is 23.0. The normalized spacial score (nSPS) is 32.8. The second-order valence-electron chi connectivity index (χ2n) is 19.2. The summed E-state index contributed by atoms with van der Waals surface area (Å²) in [6.45, 7) is 32.8. The maximum atomic E-state index is 12.3. The van der Waals surface area contributed by atoms with Crippen LogP contribution in [0.25, 0.3) is 0 Å². The largest absolute Gasteiger partial charge is 0.469 e. The van der Waals surface area contributed by atoms with Crippen molar-refractivity contribution in [2.45, 2.75) is 168 Å². The Hall–Kier alpha value is -1.26. The molecule has 7 atom stereocenters. The number of hydrogen-bond donors (Lipinski definition) is 1. The quantitative estimate of drug-likeness (QED) is 0.140. The van der Waals surface area contributed by atoms with E-state index in [1.807, 2.05) is 6.08 Å². The summed E-state index contributed by atoms with van der Waals surface area (Å²) in [5, 5.41) is 11.2. The maximum Gasteiger partial charge on any atom is 0.314 e. The molecular weight excluding hydrogens is 629 g/mol. The molecule has 48 heavy (non-hydrogen) atoms. The minimum atomic E-state index is -2.01. The minimum absolute atomic E-state index is 0.0107. The van der Waals surface area contributed by atoms with E-state index >= 15 is 0 Å². The molecule has 4 rings (SSSR count). The van der Waals surface area contributed by atoms with Gasteiger partial charge in [0.2, 0.25) is 0 Å². The van der Waals surface area contributed by atoms with Crippen molar-refractivity contribution in [2.75, 3.05) is 7.11 Å². The molecule has 7 heteroatoms. The highest BCUT2D eigenvalue weighted by atomic mass is 28.4. The molecule has 272 valence electrons. The zero-order chi connectivity index (χ0) is 36.1. The smallest absolute Gasteiger partial charge is 0.314 e. The lowest BCUT2D eigenvalue weighted by Gasteiger charge is -2.45. The van der Waals surface area contributed by atoms with Crippen molar-refractivity contribution in [3.05, 3.63) is 47.6 Å². The topological polar surface area (TPSA) is 65.0 Å². The van der Waals surface area contributed by atoms with Gasteiger partial charge in [-0.2, -0.15) is 0 Å². The van der Waals surface area contributed by atoms with Gasteiger partial charge in [-0.15, -0.1) is 0 Å². The van der Waals surface area contributed by atoms with Crippen LogP contribution in [0.1, 0.15) is 113 Å². The van der Waals surface area contributed by atoms with E-state index in [0.29, 0.717) is 30.6 Å². The van der Waals surface area contributed by atoms with Crippen LogP contribution in [0.3, 0.4) is 0 Å². The first-order valence-electron chi connectivity index (χ1n) is 18.9. The number of methoxy groups -OCH3 is 1. The highest BCUT2D eigenvalue weighted by Gasteiger charge is 2.56. The molecule has 1 N–H and O–H groups in total. The fourth-order valence-corrected chi connectivity index (χ4v) is 11.1. The summed E-state index contributed by atoms with van der Waals surface area (Å²) in [6, 6.07) is 0. The summed E-state index contributed by atoms with van der Waals surface area (Å²) in [6.07, 6.45) is 17.4. The van der Waals surface area contributed by atoms with Crippen molar-refractivity contribution < 1.29 is 23.5 Å². The van der Waals surface area contributed by atoms with Crippen LogP contribution in [0.5, 0.6) is 0 Å². The highest BCUT2D eigenvalue weighted by Crippen LogP contribution is 2.60. The maximum absolute atomic E-state index is 12.3. The molecule has 4 fully saturated rings. The van der Waals surface area contributed by atoms with E-state index < -0.39 is 28.2 Å². The first kappa shape index (κ1) is 39.5. The number of fused-ring (bicyclic) bond motifs is 1. The molecule has 0 unspecified atom stereocenters. The molecular formula is C41H70O5Si2. The molecule has 0 aromatic carbocycles. The van der Waals surface area contributed by atoms with E-state index in [1.165, 1.54) is 38.4 Å². The molecule has 0 heterocycles. The van der Waals surface area contributed by atoms with Gasteiger partial charge in [0.1, 0.15) is 0 Å². The van der Waals surface area contributed by atoms with Gasteiger partial charge in [0.05, 0.1) is 30.8 Å². The Balaban J connectivity index is 1.56. The Morgan fingerprint density at radius 3 is 2.12 bits per heavy atom. The van der Waals surface area contributed by atoms with Crippen molar-refractivity contribution in [3.8, 4) is 0 Å². The number of rotatable bonds is 10. The van der Waals surface area contributed by atoms with Crippen LogP contribution in [-0.2, 0) is 18.4 Å². The molecule has 4 aliphatic carbocycles. The first-order chi connectivity index (χ1) is 22.0. The van der Waals surface area contributed by atoms with Gasteiger partial charge in [-0.3, -0.25) is 4.79 Å². The van der Waals surface area contributed by atoms with Crippen LogP contribution in [0.2, 0.25) is 36.3 Å². The molecule has 0 saturated heterocycles. The molecule has 0 aromatic rings. The van der Waals surface area contributed by atoms with Crippen LogP contribution in [0.4, 0.5) is 0 Å². The second-order valence-corrected chi connectivity index (χ2v) is 28.7. The number of carbonyl (C=O) groups is 1. The summed E-state index contributed by atoms with van der Waals surface area (Å²) in [5.41, 5.74) is 3.52. The predicted molar refractivity (Wildman–Crippen MR) is 205 cm³/mol. The van der Waals surface area contributed by atoms with E-state index in [2.05, 4.69) is 106 Å². The molecule has 0 aliphatic heterocycles. The minimum Gasteiger partial charge on any atom is -0.469 e. The summed E-state index contributed by atoms with van der Waals surface area (Å²) in [4.78, 5) is 12.3. The average Bonchev–Trinajstić information content (AvgIpc) is 3.70. The van der Waals surface area contributed by atoms with Crippen LogP contribution < -0.4 is 0 Å². The zero-order valence-electron chi connectivity index (χ0n) is 32.9. The van der Waals surface area contributed by atoms with E-state index in [4.69, 9.17) is 13.6 Å². The Kier molecular flexibility index (Phi) is 11.6. The van der Waals surface area contributed by atoms with Gasteiger partial charge in [0, 0.05) is 6.42 Å². The summed E-state index contributed by atoms with van der Waals surface area (Å²) in [5.74, 6) is 1.16. The van der Waals surface area contributed by atoms with Crippen LogP contribution >= 0.6 is 0 Å². The van der Waals surface area contributed by atoms with Gasteiger partial charge in [-0.25, -0.2) is 0 Å². The predicted octanol–water partition coefficient (Wildman–Crippen LogP) is 10.7. The van der Waals surface area contributed by atoms with Crippen LogP contribution in [-0.4, -0.2) is 53.1 Å². The highest BCUT2D eigenvalue weighted by molar-refractivity contribution is 6.74. The van der Waals surface area contributed by atoms with E-state index in [1.54, 1.807) is 5.57 Å². The summed E-state index contributed by atoms with van der Waals surface area (Å²) >= 11 is 0. The van der Waals surface area contributed by atoms with Crippen molar-refractivity contribution >= 4 is 22.6 Å². The number of allylic oxidation sites excluding steroid dienone is 4. The number of esters is 1. The lowest BCUT2D eigenvalue weighted by Crippen LogP contribution is -2.49. The van der Waals surface area contributed by atoms with Gasteiger partial charge < -0.3 is 18.7 Å². The van der Waals surface area contributed by atoms with Gasteiger partial charge in [-0.1, -0.05) is 91.8 Å². The lowest BCUT2D eigenvalue weighted by atomic mass is 9.61. The molecule has 0 radical (unpaired) electrons.